The quantitative estimate of drug-likeness (QED) is 0.783. The van der Waals surface area contributed by atoms with Crippen LogP contribution in [0.2, 0.25) is 0 Å². The summed E-state index contributed by atoms with van der Waals surface area (Å²) in [6.45, 7) is 10.1. The predicted octanol–water partition coefficient (Wildman–Crippen LogP) is 2.50. The number of imidazole rings is 1. The van der Waals surface area contributed by atoms with E-state index in [4.69, 9.17) is 0 Å². The Hall–Kier alpha value is -1.16. The van der Waals surface area contributed by atoms with Crippen LogP contribution in [0.4, 0.5) is 0 Å². The summed E-state index contributed by atoms with van der Waals surface area (Å²) in [5.41, 5.74) is 0. The molecule has 1 aromatic rings. The maximum Gasteiger partial charge on any atom is 0.152 e. The standard InChI is InChI=1S/C14H25N3O/c1-9(2)13(18)12(17-10(3)4)8-11(5)14-15-6-7-16-14/h6-7,9-12,17H,8H2,1-5H3,(H,15,16). The highest BCUT2D eigenvalue weighted by Gasteiger charge is 2.24. The molecule has 0 fully saturated rings. The molecule has 0 aliphatic carbocycles. The highest BCUT2D eigenvalue weighted by atomic mass is 16.1. The lowest BCUT2D eigenvalue weighted by atomic mass is 9.92. The van der Waals surface area contributed by atoms with Crippen molar-refractivity contribution in [2.24, 2.45) is 5.92 Å². The Morgan fingerprint density at radius 2 is 2.00 bits per heavy atom. The first-order valence-electron chi connectivity index (χ1n) is 6.70. The molecule has 0 aliphatic heterocycles. The van der Waals surface area contributed by atoms with E-state index in [1.165, 1.54) is 0 Å². The highest BCUT2D eigenvalue weighted by Crippen LogP contribution is 2.19. The van der Waals surface area contributed by atoms with E-state index in [2.05, 4.69) is 36.1 Å². The van der Waals surface area contributed by atoms with Gasteiger partial charge in [-0.05, 0) is 6.42 Å². The molecule has 1 aromatic heterocycles. The van der Waals surface area contributed by atoms with E-state index >= 15 is 0 Å². The average Bonchev–Trinajstić information content (AvgIpc) is 2.79. The number of H-pyrrole nitrogens is 1. The molecule has 4 heteroatoms. The van der Waals surface area contributed by atoms with Gasteiger partial charge in [-0.25, -0.2) is 4.98 Å². The molecule has 2 N–H and O–H groups in total. The monoisotopic (exact) mass is 251 g/mol. The molecule has 2 atom stereocenters. The number of hydrogen-bond donors (Lipinski definition) is 2. The molecule has 1 heterocycles. The lowest BCUT2D eigenvalue weighted by Gasteiger charge is -2.24. The van der Waals surface area contributed by atoms with Crippen LogP contribution in [0, 0.1) is 5.92 Å². The number of carbonyl (C=O) groups is 1. The Bertz CT molecular complexity index is 357. The third-order valence-corrected chi connectivity index (χ3v) is 3.02. The summed E-state index contributed by atoms with van der Waals surface area (Å²) in [6.07, 6.45) is 4.35. The Morgan fingerprint density at radius 1 is 1.33 bits per heavy atom. The highest BCUT2D eigenvalue weighted by molar-refractivity contribution is 5.85. The van der Waals surface area contributed by atoms with Gasteiger partial charge in [-0.1, -0.05) is 34.6 Å². The van der Waals surface area contributed by atoms with Crippen LogP contribution in [0.3, 0.4) is 0 Å². The Morgan fingerprint density at radius 3 is 2.44 bits per heavy atom. The lowest BCUT2D eigenvalue weighted by Crippen LogP contribution is -2.43. The number of Topliss-reactive ketones (excluding diaryl/α,β-unsaturated/α-hetero) is 1. The third kappa shape index (κ3) is 4.26. The summed E-state index contributed by atoms with van der Waals surface area (Å²) < 4.78 is 0. The normalized spacial score (nSPS) is 15.1. The van der Waals surface area contributed by atoms with Gasteiger partial charge in [0.15, 0.2) is 5.78 Å². The molecule has 0 spiro atoms. The van der Waals surface area contributed by atoms with Crippen LogP contribution in [0.5, 0.6) is 0 Å². The van der Waals surface area contributed by atoms with Gasteiger partial charge in [-0.3, -0.25) is 4.79 Å². The number of carbonyl (C=O) groups excluding carboxylic acids is 1. The summed E-state index contributed by atoms with van der Waals surface area (Å²) in [6, 6.07) is 0.214. The van der Waals surface area contributed by atoms with Crippen molar-refractivity contribution in [1.29, 1.82) is 0 Å². The summed E-state index contributed by atoms with van der Waals surface area (Å²) in [5.74, 6) is 1.54. The van der Waals surface area contributed by atoms with Crippen LogP contribution in [0.25, 0.3) is 0 Å². The van der Waals surface area contributed by atoms with Gasteiger partial charge < -0.3 is 10.3 Å². The van der Waals surface area contributed by atoms with E-state index in [0.717, 1.165) is 12.2 Å². The van der Waals surface area contributed by atoms with Gasteiger partial charge in [0.05, 0.1) is 6.04 Å². The van der Waals surface area contributed by atoms with Gasteiger partial charge in [-0.15, -0.1) is 0 Å². The van der Waals surface area contributed by atoms with Gasteiger partial charge in [0.1, 0.15) is 5.82 Å². The van der Waals surface area contributed by atoms with Crippen LogP contribution >= 0.6 is 0 Å². The number of hydrogen-bond acceptors (Lipinski definition) is 3. The first kappa shape index (κ1) is 14.9. The van der Waals surface area contributed by atoms with Gasteiger partial charge >= 0.3 is 0 Å². The first-order chi connectivity index (χ1) is 8.41. The summed E-state index contributed by atoms with van der Waals surface area (Å²) in [5, 5.41) is 3.36. The second-order valence-electron chi connectivity index (χ2n) is 5.54. The molecule has 2 unspecified atom stereocenters. The fourth-order valence-electron chi connectivity index (χ4n) is 2.08. The van der Waals surface area contributed by atoms with Crippen molar-refractivity contribution in [2.75, 3.05) is 0 Å². The maximum atomic E-state index is 12.2. The maximum absolute atomic E-state index is 12.2. The predicted molar refractivity (Wildman–Crippen MR) is 73.5 cm³/mol. The summed E-state index contributed by atoms with van der Waals surface area (Å²) >= 11 is 0. The van der Waals surface area contributed by atoms with E-state index in [0.29, 0.717) is 6.04 Å². The molecule has 0 bridgehead atoms. The van der Waals surface area contributed by atoms with Crippen molar-refractivity contribution in [3.8, 4) is 0 Å². The minimum absolute atomic E-state index is 0.0602. The minimum Gasteiger partial charge on any atom is -0.348 e. The van der Waals surface area contributed by atoms with Crippen LogP contribution in [-0.2, 0) is 4.79 Å². The van der Waals surface area contributed by atoms with Crippen LogP contribution in [0.15, 0.2) is 12.4 Å². The third-order valence-electron chi connectivity index (χ3n) is 3.02. The second-order valence-corrected chi connectivity index (χ2v) is 5.54. The van der Waals surface area contributed by atoms with Crippen molar-refractivity contribution >= 4 is 5.78 Å². The summed E-state index contributed by atoms with van der Waals surface area (Å²) in [7, 11) is 0. The van der Waals surface area contributed by atoms with Gasteiger partial charge in [0, 0.05) is 30.3 Å². The Labute approximate surface area is 110 Å². The van der Waals surface area contributed by atoms with Crippen LogP contribution in [-0.4, -0.2) is 27.8 Å². The zero-order chi connectivity index (χ0) is 13.7. The van der Waals surface area contributed by atoms with E-state index < -0.39 is 0 Å². The molecule has 1 rings (SSSR count). The van der Waals surface area contributed by atoms with Crippen molar-refractivity contribution in [1.82, 2.24) is 15.3 Å². The zero-order valence-corrected chi connectivity index (χ0v) is 12.0. The number of ketones is 1. The lowest BCUT2D eigenvalue weighted by molar-refractivity contribution is -0.124. The molecule has 0 aromatic carbocycles. The molecule has 102 valence electrons. The first-order valence-corrected chi connectivity index (χ1v) is 6.70. The number of nitrogens with one attached hydrogen (secondary N) is 2. The average molecular weight is 251 g/mol. The van der Waals surface area contributed by atoms with Gasteiger partial charge in [0.25, 0.3) is 0 Å². The van der Waals surface area contributed by atoms with E-state index in [1.807, 2.05) is 20.0 Å². The van der Waals surface area contributed by atoms with Gasteiger partial charge in [-0.2, -0.15) is 0 Å². The molecule has 0 amide bonds. The fraction of sp³-hybridized carbons (Fsp3) is 0.714. The molecule has 0 saturated heterocycles. The number of aromatic amines is 1. The Balaban J connectivity index is 2.69. The molecule has 0 saturated carbocycles. The molecular formula is C14H25N3O. The Kier molecular flexibility index (Phi) is 5.54. The fourth-order valence-corrected chi connectivity index (χ4v) is 2.08. The van der Waals surface area contributed by atoms with Crippen molar-refractivity contribution in [3.63, 3.8) is 0 Å². The van der Waals surface area contributed by atoms with Crippen LogP contribution < -0.4 is 5.32 Å². The molecule has 4 nitrogen and oxygen atoms in total. The molecule has 18 heavy (non-hydrogen) atoms. The van der Waals surface area contributed by atoms with E-state index in [-0.39, 0.29) is 23.7 Å². The number of aromatic nitrogens is 2. The number of nitrogens with zero attached hydrogens (tertiary/aromatic N) is 1. The van der Waals surface area contributed by atoms with E-state index in [1.54, 1.807) is 6.20 Å². The zero-order valence-electron chi connectivity index (χ0n) is 12.0. The van der Waals surface area contributed by atoms with E-state index in [9.17, 15) is 4.79 Å². The minimum atomic E-state index is -0.0925. The largest absolute Gasteiger partial charge is 0.348 e. The van der Waals surface area contributed by atoms with Gasteiger partial charge in [0.2, 0.25) is 0 Å². The number of rotatable bonds is 7. The molecular weight excluding hydrogens is 226 g/mol. The smallest absolute Gasteiger partial charge is 0.152 e. The van der Waals surface area contributed by atoms with Crippen LogP contribution in [0.1, 0.15) is 52.8 Å². The van der Waals surface area contributed by atoms with Crippen molar-refractivity contribution < 1.29 is 4.79 Å². The second kappa shape index (κ2) is 6.69. The van der Waals surface area contributed by atoms with Crippen molar-refractivity contribution in [3.05, 3.63) is 18.2 Å². The molecule has 0 radical (unpaired) electrons. The molecule has 0 aliphatic rings. The SMILES string of the molecule is CC(C)NC(CC(C)c1ncc[nH]1)C(=O)C(C)C. The topological polar surface area (TPSA) is 57.8 Å². The van der Waals surface area contributed by atoms with Crippen molar-refractivity contribution in [2.45, 2.75) is 59.0 Å². The summed E-state index contributed by atoms with van der Waals surface area (Å²) in [4.78, 5) is 19.6.